The maximum Gasteiger partial charge on any atom is 0.331 e. The lowest BCUT2D eigenvalue weighted by molar-refractivity contribution is -0.714. The zero-order chi connectivity index (χ0) is 20.6. The topological polar surface area (TPSA) is 147 Å². The molecule has 1 amide bonds. The van der Waals surface area contributed by atoms with Crippen LogP contribution >= 0.6 is 0 Å². The van der Waals surface area contributed by atoms with Crippen LogP contribution in [0.5, 0.6) is 5.75 Å². The van der Waals surface area contributed by atoms with Crippen LogP contribution in [0.25, 0.3) is 0 Å². The molecule has 0 bridgehead atoms. The third-order valence-corrected chi connectivity index (χ3v) is 8.09. The average Bonchev–Trinajstić information content (AvgIpc) is 2.66. The molecule has 10 nitrogen and oxygen atoms in total. The standard InChI is InChI=1S/C15H18N2O8S2/c1-17(2)14(15(19)16-20)13(8-10(18)9-26(17,21)22)27(23,24)12-6-4-11(25-3)5-7-12/h4-8H,9H2,1-3H3,(H2-,16,18,19,20)/p+1. The van der Waals surface area contributed by atoms with E-state index in [4.69, 9.17) is 9.94 Å². The minimum atomic E-state index is -4.43. The number of sulfonamides is 1. The highest BCUT2D eigenvalue weighted by molar-refractivity contribution is 7.95. The van der Waals surface area contributed by atoms with E-state index in [0.717, 1.165) is 14.1 Å². The molecule has 1 heterocycles. The van der Waals surface area contributed by atoms with E-state index in [1.807, 2.05) is 0 Å². The highest BCUT2D eigenvalue weighted by Crippen LogP contribution is 2.34. The molecular formula is C15H19N2O8S2+. The Hall–Kier alpha value is -2.41. The Morgan fingerprint density at radius 2 is 1.78 bits per heavy atom. The number of quaternary nitrogens is 1. The lowest BCUT2D eigenvalue weighted by Crippen LogP contribution is -2.50. The number of carbonyl (C=O) groups is 1. The van der Waals surface area contributed by atoms with Gasteiger partial charge in [0.2, 0.25) is 15.5 Å². The Morgan fingerprint density at radius 1 is 1.22 bits per heavy atom. The number of aliphatic hydroxyl groups is 1. The fourth-order valence-corrected chi connectivity index (χ4v) is 5.42. The molecule has 1 aliphatic rings. The predicted octanol–water partition coefficient (Wildman–Crippen LogP) is 0.0476. The zero-order valence-electron chi connectivity index (χ0n) is 14.7. The number of likely N-dealkylation sites (N-methyl/N-ethyl adjacent to an activating group) is 1. The second kappa shape index (κ2) is 6.96. The number of nitrogens with one attached hydrogen (secondary N) is 1. The van der Waals surface area contributed by atoms with Gasteiger partial charge in [0, 0.05) is 6.08 Å². The molecule has 1 aromatic carbocycles. The van der Waals surface area contributed by atoms with Crippen molar-refractivity contribution in [1.29, 1.82) is 0 Å². The van der Waals surface area contributed by atoms with Crippen molar-refractivity contribution >= 4 is 25.8 Å². The van der Waals surface area contributed by atoms with Crippen LogP contribution in [0.1, 0.15) is 0 Å². The number of hydrogen-bond acceptors (Lipinski definition) is 8. The Morgan fingerprint density at radius 3 is 2.26 bits per heavy atom. The Labute approximate surface area is 156 Å². The van der Waals surface area contributed by atoms with Crippen LogP contribution in [0.2, 0.25) is 0 Å². The maximum absolute atomic E-state index is 13.1. The van der Waals surface area contributed by atoms with Gasteiger partial charge in [-0.15, -0.1) is 0 Å². The van der Waals surface area contributed by atoms with Gasteiger partial charge in [-0.2, -0.15) is 12.3 Å². The molecule has 0 fully saturated rings. The van der Waals surface area contributed by atoms with E-state index in [0.29, 0.717) is 11.8 Å². The molecule has 0 saturated heterocycles. The van der Waals surface area contributed by atoms with Crippen LogP contribution in [-0.4, -0.2) is 63.9 Å². The second-order valence-corrected chi connectivity index (χ2v) is 10.3. The molecule has 0 radical (unpaired) electrons. The van der Waals surface area contributed by atoms with Crippen LogP contribution in [0.4, 0.5) is 0 Å². The van der Waals surface area contributed by atoms with Gasteiger partial charge < -0.3 is 9.84 Å². The van der Waals surface area contributed by atoms with Gasteiger partial charge in [-0.25, -0.2) is 13.9 Å². The van der Waals surface area contributed by atoms with Gasteiger partial charge in [-0.05, 0) is 24.3 Å². The lowest BCUT2D eigenvalue weighted by Gasteiger charge is -2.28. The fraction of sp³-hybridized carbons (Fsp3) is 0.267. The summed E-state index contributed by atoms with van der Waals surface area (Å²) in [6, 6.07) is 5.16. The van der Waals surface area contributed by atoms with Crippen molar-refractivity contribution in [1.82, 2.24) is 5.48 Å². The van der Waals surface area contributed by atoms with Crippen LogP contribution < -0.4 is 10.2 Å². The molecular weight excluding hydrogens is 400 g/mol. The summed E-state index contributed by atoms with van der Waals surface area (Å²) in [5.74, 6) is -2.59. The molecule has 1 aromatic rings. The predicted molar refractivity (Wildman–Crippen MR) is 93.7 cm³/mol. The molecule has 0 aromatic heterocycles. The number of carbonyl (C=O) groups excluding carboxylic acids is 1. The molecule has 0 atom stereocenters. The summed E-state index contributed by atoms with van der Waals surface area (Å²) in [6.07, 6.45) is 0.703. The van der Waals surface area contributed by atoms with Gasteiger partial charge >= 0.3 is 15.9 Å². The average molecular weight is 419 g/mol. The van der Waals surface area contributed by atoms with Gasteiger partial charge in [0.1, 0.15) is 16.4 Å². The molecule has 0 spiro atoms. The number of methoxy groups -OCH3 is 1. The van der Waals surface area contributed by atoms with E-state index in [1.165, 1.54) is 36.9 Å². The zero-order valence-corrected chi connectivity index (χ0v) is 16.3. The van der Waals surface area contributed by atoms with Crippen molar-refractivity contribution in [3.63, 3.8) is 0 Å². The minimum absolute atomic E-state index is 0.259. The smallest absolute Gasteiger partial charge is 0.331 e. The number of hydroxylamine groups is 1. The SMILES string of the molecule is COc1ccc(S(=O)(=O)C2=C(C(=O)NO)[N+](C)(C)S(=O)(=O)CC(O)=C2)cc1. The Bertz CT molecular complexity index is 1040. The van der Waals surface area contributed by atoms with Gasteiger partial charge in [0.15, 0.2) is 5.75 Å². The first-order valence-electron chi connectivity index (χ1n) is 7.43. The van der Waals surface area contributed by atoms with E-state index >= 15 is 0 Å². The van der Waals surface area contributed by atoms with E-state index < -0.39 is 51.8 Å². The van der Waals surface area contributed by atoms with Crippen molar-refractivity contribution in [2.24, 2.45) is 0 Å². The van der Waals surface area contributed by atoms with Crippen molar-refractivity contribution in [3.05, 3.63) is 46.7 Å². The number of nitrogens with zero attached hydrogens (tertiary/aromatic N) is 1. The first-order chi connectivity index (χ1) is 12.4. The third kappa shape index (κ3) is 3.56. The van der Waals surface area contributed by atoms with E-state index in [1.54, 1.807) is 0 Å². The van der Waals surface area contributed by atoms with E-state index in [-0.39, 0.29) is 4.90 Å². The normalized spacial score (nSPS) is 19.0. The largest absolute Gasteiger partial charge is 0.511 e. The monoisotopic (exact) mass is 419 g/mol. The van der Waals surface area contributed by atoms with E-state index in [9.17, 15) is 26.7 Å². The molecule has 12 heteroatoms. The van der Waals surface area contributed by atoms with Gasteiger partial charge in [0.25, 0.3) is 0 Å². The van der Waals surface area contributed by atoms with Crippen LogP contribution in [0, 0.1) is 0 Å². The molecule has 0 unspecified atom stereocenters. The number of benzene rings is 1. The number of hydrogen-bond donors (Lipinski definition) is 3. The second-order valence-electron chi connectivity index (χ2n) is 6.05. The molecule has 0 aliphatic carbocycles. The lowest BCUT2D eigenvalue weighted by atomic mass is 10.3. The summed E-state index contributed by atoms with van der Waals surface area (Å²) >= 11 is 0. The van der Waals surface area contributed by atoms with Gasteiger partial charge in [-0.3, -0.25) is 10.0 Å². The molecule has 1 aliphatic heterocycles. The van der Waals surface area contributed by atoms with Crippen molar-refractivity contribution < 1.29 is 40.6 Å². The first-order valence-corrected chi connectivity index (χ1v) is 10.5. The molecule has 0 saturated carbocycles. The summed E-state index contributed by atoms with van der Waals surface area (Å²) in [6.45, 7) is 0. The number of ether oxygens (including phenoxy) is 1. The summed E-state index contributed by atoms with van der Waals surface area (Å²) in [7, 11) is -5.14. The quantitative estimate of drug-likeness (QED) is 0.352. The van der Waals surface area contributed by atoms with Gasteiger partial charge in [-0.1, -0.05) is 0 Å². The van der Waals surface area contributed by atoms with Crippen LogP contribution in [0.15, 0.2) is 51.6 Å². The number of amides is 1. The summed E-state index contributed by atoms with van der Waals surface area (Å²) in [5.41, 5.74) is 0.504. The van der Waals surface area contributed by atoms with Crippen molar-refractivity contribution in [3.8, 4) is 5.75 Å². The molecule has 3 N–H and O–H groups in total. The minimum Gasteiger partial charge on any atom is -0.511 e. The summed E-state index contributed by atoms with van der Waals surface area (Å²) in [5, 5.41) is 19.0. The molecule has 148 valence electrons. The highest BCUT2D eigenvalue weighted by Gasteiger charge is 2.48. The third-order valence-electron chi connectivity index (χ3n) is 4.07. The molecule has 27 heavy (non-hydrogen) atoms. The number of allylic oxidation sites excluding steroid dienone is 1. The highest BCUT2D eigenvalue weighted by atomic mass is 32.2. The Balaban J connectivity index is 2.89. The molecule has 2 rings (SSSR count). The van der Waals surface area contributed by atoms with E-state index in [2.05, 4.69) is 0 Å². The van der Waals surface area contributed by atoms with Gasteiger partial charge in [0.05, 0.1) is 26.1 Å². The summed E-state index contributed by atoms with van der Waals surface area (Å²) < 4.78 is 55.0. The first kappa shape index (κ1) is 20.9. The summed E-state index contributed by atoms with van der Waals surface area (Å²) in [4.78, 5) is 11.2. The number of rotatable bonds is 4. The fourth-order valence-electron chi connectivity index (χ4n) is 2.51. The number of sulfone groups is 1. The maximum atomic E-state index is 13.1. The van der Waals surface area contributed by atoms with Crippen molar-refractivity contribution in [2.75, 3.05) is 27.0 Å². The number of aliphatic hydroxyl groups excluding tert-OH is 1. The van der Waals surface area contributed by atoms with Crippen LogP contribution in [0.3, 0.4) is 0 Å². The van der Waals surface area contributed by atoms with Crippen LogP contribution in [-0.2, 0) is 24.7 Å². The Kier molecular flexibility index (Phi) is 5.39. The van der Waals surface area contributed by atoms with Crippen molar-refractivity contribution in [2.45, 2.75) is 4.90 Å².